The number of phenols is 1. The highest BCUT2D eigenvalue weighted by Crippen LogP contribution is 2.33. The van der Waals surface area contributed by atoms with Gasteiger partial charge in [-0.05, 0) is 23.8 Å². The molecule has 118 valence electrons. The van der Waals surface area contributed by atoms with Crippen molar-refractivity contribution in [1.82, 2.24) is 4.90 Å². The summed E-state index contributed by atoms with van der Waals surface area (Å²) in [7, 11) is 0. The number of carbonyl (C=O) groups excluding carboxylic acids is 3. The Morgan fingerprint density at radius 3 is 2.48 bits per heavy atom. The van der Waals surface area contributed by atoms with Crippen LogP contribution in [0, 0.1) is 0 Å². The molecule has 5 N–H and O–H groups in total. The van der Waals surface area contributed by atoms with Crippen LogP contribution in [0.25, 0.3) is 6.08 Å². The van der Waals surface area contributed by atoms with Gasteiger partial charge in [0.15, 0.2) is 4.32 Å². The normalized spacial score (nSPS) is 15.8. The maximum atomic E-state index is 12.3. The van der Waals surface area contributed by atoms with Crippen LogP contribution in [0.5, 0.6) is 5.75 Å². The van der Waals surface area contributed by atoms with Crippen LogP contribution in [0.3, 0.4) is 0 Å². The smallest absolute Gasteiger partial charge is 0.270 e. The van der Waals surface area contributed by atoms with Crippen molar-refractivity contribution in [3.05, 3.63) is 46.5 Å². The van der Waals surface area contributed by atoms with Gasteiger partial charge in [0.05, 0.1) is 4.91 Å². The lowest BCUT2D eigenvalue weighted by Crippen LogP contribution is -2.31. The van der Waals surface area contributed by atoms with Gasteiger partial charge < -0.3 is 16.6 Å². The number of hydrogen-bond donors (Lipinski definition) is 3. The van der Waals surface area contributed by atoms with E-state index in [1.165, 1.54) is 18.2 Å². The van der Waals surface area contributed by atoms with E-state index in [-0.39, 0.29) is 15.0 Å². The molecule has 0 aliphatic carbocycles. The van der Waals surface area contributed by atoms with Gasteiger partial charge in [0.25, 0.3) is 17.7 Å². The Balaban J connectivity index is 2.35. The van der Waals surface area contributed by atoms with E-state index in [1.807, 2.05) is 0 Å². The molecule has 1 aromatic rings. The molecule has 0 spiro atoms. The van der Waals surface area contributed by atoms with E-state index in [4.69, 9.17) is 23.7 Å². The molecule has 23 heavy (non-hydrogen) atoms. The molecule has 0 bridgehead atoms. The fourth-order valence-electron chi connectivity index (χ4n) is 1.73. The number of primary amides is 2. The van der Waals surface area contributed by atoms with Crippen LogP contribution in [0.15, 0.2) is 40.9 Å². The number of benzene rings is 1. The number of thiocarbonyl (C=S) groups is 1. The number of rotatable bonds is 4. The molecule has 0 unspecified atom stereocenters. The van der Waals surface area contributed by atoms with Crippen molar-refractivity contribution >= 4 is 52.1 Å². The molecule has 1 heterocycles. The molecule has 1 fully saturated rings. The SMILES string of the molecule is NC(=O)C(=CN1C(=O)/C(=C/c2cccc(O)c2)SC1=S)C(N)=O. The molecule has 9 heteroatoms. The van der Waals surface area contributed by atoms with Crippen LogP contribution in [0.1, 0.15) is 5.56 Å². The maximum Gasteiger partial charge on any atom is 0.270 e. The third-order valence-electron chi connectivity index (χ3n) is 2.78. The maximum absolute atomic E-state index is 12.3. The average molecular weight is 349 g/mol. The number of carbonyl (C=O) groups is 3. The lowest BCUT2D eigenvalue weighted by atomic mass is 10.2. The molecule has 1 aliphatic heterocycles. The standard InChI is InChI=1S/C14H11N3O4S2/c15-11(19)9(12(16)20)6-17-13(21)10(23-14(17)22)5-7-2-1-3-8(18)4-7/h1-6,18H,(H2,15,19)(H2,16,20)/b10-5-. The van der Waals surface area contributed by atoms with Gasteiger partial charge in [0.2, 0.25) is 0 Å². The molecular weight excluding hydrogens is 338 g/mol. The van der Waals surface area contributed by atoms with Crippen LogP contribution >= 0.6 is 24.0 Å². The zero-order valence-corrected chi connectivity index (χ0v) is 13.2. The number of hydrogen-bond acceptors (Lipinski definition) is 6. The quantitative estimate of drug-likeness (QED) is 0.313. The van der Waals surface area contributed by atoms with Crippen LogP contribution in [-0.2, 0) is 14.4 Å². The Morgan fingerprint density at radius 2 is 1.91 bits per heavy atom. The summed E-state index contributed by atoms with van der Waals surface area (Å²) in [6.45, 7) is 0. The second-order valence-electron chi connectivity index (χ2n) is 4.42. The molecule has 2 rings (SSSR count). The molecule has 0 atom stereocenters. The van der Waals surface area contributed by atoms with E-state index in [2.05, 4.69) is 0 Å². The Morgan fingerprint density at radius 1 is 1.26 bits per heavy atom. The molecular formula is C14H11N3O4S2. The van der Waals surface area contributed by atoms with Crippen molar-refractivity contribution < 1.29 is 19.5 Å². The number of amides is 3. The van der Waals surface area contributed by atoms with Gasteiger partial charge in [-0.2, -0.15) is 0 Å². The molecule has 1 aromatic carbocycles. The summed E-state index contributed by atoms with van der Waals surface area (Å²) in [5, 5.41) is 9.43. The summed E-state index contributed by atoms with van der Waals surface area (Å²) in [4.78, 5) is 35.9. The van der Waals surface area contributed by atoms with Crippen molar-refractivity contribution in [2.24, 2.45) is 11.5 Å². The average Bonchev–Trinajstić information content (AvgIpc) is 2.70. The number of thioether (sulfide) groups is 1. The van der Waals surface area contributed by atoms with E-state index >= 15 is 0 Å². The Hall–Kier alpha value is -2.65. The number of aromatic hydroxyl groups is 1. The van der Waals surface area contributed by atoms with Gasteiger partial charge in [0, 0.05) is 6.20 Å². The van der Waals surface area contributed by atoms with Gasteiger partial charge in [-0.1, -0.05) is 36.1 Å². The zero-order chi connectivity index (χ0) is 17.1. The molecule has 0 aromatic heterocycles. The highest BCUT2D eigenvalue weighted by molar-refractivity contribution is 8.26. The Kier molecular flexibility index (Phi) is 4.82. The number of nitrogens with zero attached hydrogens (tertiary/aromatic N) is 1. The predicted molar refractivity (Wildman–Crippen MR) is 89.6 cm³/mol. The molecule has 0 saturated carbocycles. The third-order valence-corrected chi connectivity index (χ3v) is 4.11. The number of phenolic OH excluding ortho intramolecular Hbond substituents is 1. The molecule has 1 saturated heterocycles. The second kappa shape index (κ2) is 6.63. The first-order valence-electron chi connectivity index (χ1n) is 6.17. The van der Waals surface area contributed by atoms with E-state index in [1.54, 1.807) is 12.1 Å². The third kappa shape index (κ3) is 3.76. The van der Waals surface area contributed by atoms with E-state index < -0.39 is 23.3 Å². The summed E-state index contributed by atoms with van der Waals surface area (Å²) in [6.07, 6.45) is 2.46. The first-order chi connectivity index (χ1) is 10.8. The number of nitrogens with two attached hydrogens (primary N) is 2. The van der Waals surface area contributed by atoms with Crippen LogP contribution < -0.4 is 11.5 Å². The summed E-state index contributed by atoms with van der Waals surface area (Å²) in [5.41, 5.74) is 10.2. The first-order valence-corrected chi connectivity index (χ1v) is 7.39. The fraction of sp³-hybridized carbons (Fsp3) is 0. The summed E-state index contributed by atoms with van der Waals surface area (Å²) < 4.78 is 0.126. The van der Waals surface area contributed by atoms with Crippen molar-refractivity contribution in [2.75, 3.05) is 0 Å². The Labute approximate surface area is 140 Å². The van der Waals surface area contributed by atoms with E-state index in [0.29, 0.717) is 5.56 Å². The van der Waals surface area contributed by atoms with Crippen molar-refractivity contribution in [3.8, 4) is 5.75 Å². The van der Waals surface area contributed by atoms with Crippen LogP contribution in [-0.4, -0.2) is 32.0 Å². The Bertz CT molecular complexity index is 770. The van der Waals surface area contributed by atoms with Gasteiger partial charge in [-0.25, -0.2) is 0 Å². The van der Waals surface area contributed by atoms with Gasteiger partial charge in [-0.15, -0.1) is 0 Å². The van der Waals surface area contributed by atoms with Gasteiger partial charge in [0.1, 0.15) is 11.3 Å². The minimum Gasteiger partial charge on any atom is -0.508 e. The minimum absolute atomic E-state index is 0.0545. The monoisotopic (exact) mass is 349 g/mol. The summed E-state index contributed by atoms with van der Waals surface area (Å²) in [6, 6.07) is 6.29. The van der Waals surface area contributed by atoms with Crippen molar-refractivity contribution in [3.63, 3.8) is 0 Å². The van der Waals surface area contributed by atoms with Gasteiger partial charge >= 0.3 is 0 Å². The minimum atomic E-state index is -1.05. The summed E-state index contributed by atoms with van der Waals surface area (Å²) in [5.74, 6) is -2.57. The van der Waals surface area contributed by atoms with E-state index in [0.717, 1.165) is 22.9 Å². The largest absolute Gasteiger partial charge is 0.508 e. The summed E-state index contributed by atoms with van der Waals surface area (Å²) >= 11 is 6.04. The second-order valence-corrected chi connectivity index (χ2v) is 6.09. The topological polar surface area (TPSA) is 127 Å². The molecule has 0 radical (unpaired) electrons. The zero-order valence-electron chi connectivity index (χ0n) is 11.6. The molecule has 3 amide bonds. The van der Waals surface area contributed by atoms with E-state index in [9.17, 15) is 19.5 Å². The van der Waals surface area contributed by atoms with Crippen molar-refractivity contribution in [1.29, 1.82) is 0 Å². The van der Waals surface area contributed by atoms with Crippen molar-refractivity contribution in [2.45, 2.75) is 0 Å². The lowest BCUT2D eigenvalue weighted by Gasteiger charge is -2.09. The lowest BCUT2D eigenvalue weighted by molar-refractivity contribution is -0.120. The highest BCUT2D eigenvalue weighted by atomic mass is 32.2. The molecule has 7 nitrogen and oxygen atoms in total. The molecule has 1 aliphatic rings. The highest BCUT2D eigenvalue weighted by Gasteiger charge is 2.32. The predicted octanol–water partition coefficient (Wildman–Crippen LogP) is 0.448. The fourth-order valence-corrected chi connectivity index (χ4v) is 2.94. The van der Waals surface area contributed by atoms with Crippen LogP contribution in [0.4, 0.5) is 0 Å². The first kappa shape index (κ1) is 16.7. The van der Waals surface area contributed by atoms with Crippen LogP contribution in [0.2, 0.25) is 0 Å². The van der Waals surface area contributed by atoms with Gasteiger partial charge in [-0.3, -0.25) is 19.3 Å².